The normalized spacial score (nSPS) is 12.4. The lowest BCUT2D eigenvalue weighted by atomic mass is 10.1. The molecule has 1 atom stereocenters. The van der Waals surface area contributed by atoms with Gasteiger partial charge in [-0.2, -0.15) is 0 Å². The van der Waals surface area contributed by atoms with E-state index >= 15 is 0 Å². The van der Waals surface area contributed by atoms with E-state index in [0.29, 0.717) is 12.2 Å². The molecule has 0 saturated heterocycles. The Morgan fingerprint density at radius 3 is 3.09 bits per heavy atom. The molecule has 0 bridgehead atoms. The first kappa shape index (κ1) is 7.61. The van der Waals surface area contributed by atoms with Crippen molar-refractivity contribution in [2.24, 2.45) is 0 Å². The smallest absolute Gasteiger partial charge is 0.296 e. The van der Waals surface area contributed by atoms with Crippen LogP contribution in [0.1, 0.15) is 25.1 Å². The molecule has 0 aromatic carbocycles. The molecule has 0 saturated carbocycles. The molecule has 0 fully saturated rings. The summed E-state index contributed by atoms with van der Waals surface area (Å²) in [4.78, 5) is 12.9. The third kappa shape index (κ3) is 1.71. The molecule has 4 nitrogen and oxygen atoms in total. The van der Waals surface area contributed by atoms with Crippen LogP contribution in [0, 0.1) is 12.3 Å². The van der Waals surface area contributed by atoms with E-state index in [-0.39, 0.29) is 5.92 Å². The number of nitrogens with one attached hydrogen (secondary N) is 1. The van der Waals surface area contributed by atoms with Gasteiger partial charge in [-0.25, -0.2) is 4.79 Å². The van der Waals surface area contributed by atoms with Gasteiger partial charge in [0.1, 0.15) is 0 Å². The van der Waals surface area contributed by atoms with Gasteiger partial charge in [0, 0.05) is 12.3 Å². The molecule has 0 amide bonds. The summed E-state index contributed by atoms with van der Waals surface area (Å²) in [5, 5.41) is 3.50. The molecule has 0 aliphatic carbocycles. The molecule has 1 unspecified atom stereocenters. The predicted molar refractivity (Wildman–Crippen MR) is 39.0 cm³/mol. The predicted octanol–water partition coefficient (Wildman–Crippen LogP) is 0.490. The van der Waals surface area contributed by atoms with Crippen LogP contribution in [0.4, 0.5) is 0 Å². The maximum Gasteiger partial charge on any atom is 0.438 e. The highest BCUT2D eigenvalue weighted by Crippen LogP contribution is 2.11. The summed E-state index contributed by atoms with van der Waals surface area (Å²) < 4.78 is 4.30. The fourth-order valence-corrected chi connectivity index (χ4v) is 0.727. The van der Waals surface area contributed by atoms with Crippen molar-refractivity contribution >= 4 is 0 Å². The van der Waals surface area contributed by atoms with Crippen LogP contribution in [0.2, 0.25) is 0 Å². The van der Waals surface area contributed by atoms with Crippen LogP contribution in [0.15, 0.2) is 9.32 Å². The third-order valence-electron chi connectivity index (χ3n) is 1.35. The van der Waals surface area contributed by atoms with Gasteiger partial charge in [0.05, 0.1) is 0 Å². The van der Waals surface area contributed by atoms with Crippen LogP contribution in [0.25, 0.3) is 0 Å². The van der Waals surface area contributed by atoms with E-state index in [1.54, 1.807) is 0 Å². The van der Waals surface area contributed by atoms with E-state index in [9.17, 15) is 4.79 Å². The van der Waals surface area contributed by atoms with Gasteiger partial charge >= 0.3 is 5.76 Å². The second kappa shape index (κ2) is 3.06. The number of rotatable bonds is 2. The minimum absolute atomic E-state index is 0.0476. The van der Waals surface area contributed by atoms with E-state index in [1.165, 1.54) is 0 Å². The van der Waals surface area contributed by atoms with Gasteiger partial charge < -0.3 is 0 Å². The SMILES string of the molecule is C#CCC(C)c1noc(=O)[nH]1. The number of terminal acetylenes is 1. The summed E-state index contributed by atoms with van der Waals surface area (Å²) >= 11 is 0. The fourth-order valence-electron chi connectivity index (χ4n) is 0.727. The number of H-pyrrole nitrogens is 1. The Morgan fingerprint density at radius 1 is 1.91 bits per heavy atom. The topological polar surface area (TPSA) is 58.9 Å². The highest BCUT2D eigenvalue weighted by atomic mass is 16.5. The van der Waals surface area contributed by atoms with Crippen LogP contribution in [0.3, 0.4) is 0 Å². The summed E-state index contributed by atoms with van der Waals surface area (Å²) in [6, 6.07) is 0. The number of hydrogen-bond acceptors (Lipinski definition) is 3. The minimum Gasteiger partial charge on any atom is -0.296 e. The lowest BCUT2D eigenvalue weighted by Crippen LogP contribution is -2.00. The molecular formula is C7H8N2O2. The summed E-state index contributed by atoms with van der Waals surface area (Å²) in [5.74, 6) is 2.49. The first-order chi connectivity index (χ1) is 5.24. The van der Waals surface area contributed by atoms with Gasteiger partial charge in [-0.1, -0.05) is 12.1 Å². The van der Waals surface area contributed by atoms with E-state index in [4.69, 9.17) is 6.42 Å². The molecular weight excluding hydrogens is 144 g/mol. The van der Waals surface area contributed by atoms with Crippen LogP contribution >= 0.6 is 0 Å². The van der Waals surface area contributed by atoms with Gasteiger partial charge in [-0.15, -0.1) is 12.3 Å². The molecule has 11 heavy (non-hydrogen) atoms. The number of nitrogens with zero attached hydrogens (tertiary/aromatic N) is 1. The van der Waals surface area contributed by atoms with Crippen LogP contribution in [-0.2, 0) is 0 Å². The molecule has 58 valence electrons. The molecule has 1 heterocycles. The van der Waals surface area contributed by atoms with Gasteiger partial charge in [0.2, 0.25) is 0 Å². The highest BCUT2D eigenvalue weighted by Gasteiger charge is 2.08. The first-order valence-corrected chi connectivity index (χ1v) is 3.23. The highest BCUT2D eigenvalue weighted by molar-refractivity contribution is 4.97. The molecule has 0 aliphatic rings. The number of aromatic nitrogens is 2. The Kier molecular flexibility index (Phi) is 2.12. The quantitative estimate of drug-likeness (QED) is 0.627. The van der Waals surface area contributed by atoms with Crippen LogP contribution in [-0.4, -0.2) is 10.1 Å². The molecule has 1 aromatic heterocycles. The van der Waals surface area contributed by atoms with Crippen molar-refractivity contribution in [3.63, 3.8) is 0 Å². The first-order valence-electron chi connectivity index (χ1n) is 3.23. The maximum atomic E-state index is 10.5. The summed E-state index contributed by atoms with van der Waals surface area (Å²) in [5.41, 5.74) is 0. The van der Waals surface area contributed by atoms with Crippen molar-refractivity contribution in [3.8, 4) is 12.3 Å². The second-order valence-corrected chi connectivity index (χ2v) is 2.29. The van der Waals surface area contributed by atoms with Crippen molar-refractivity contribution in [1.82, 2.24) is 10.1 Å². The van der Waals surface area contributed by atoms with Gasteiger partial charge in [0.25, 0.3) is 0 Å². The zero-order valence-corrected chi connectivity index (χ0v) is 6.13. The lowest BCUT2D eigenvalue weighted by Gasteiger charge is -1.98. The van der Waals surface area contributed by atoms with E-state index in [2.05, 4.69) is 20.6 Å². The second-order valence-electron chi connectivity index (χ2n) is 2.29. The van der Waals surface area contributed by atoms with Gasteiger partial charge in [-0.05, 0) is 0 Å². The number of hydrogen-bond donors (Lipinski definition) is 1. The molecule has 0 radical (unpaired) electrons. The molecule has 1 aromatic rings. The molecule has 0 spiro atoms. The molecule has 1 rings (SSSR count). The zero-order chi connectivity index (χ0) is 8.27. The number of aromatic amines is 1. The Labute approximate surface area is 63.6 Å². The maximum absolute atomic E-state index is 10.5. The van der Waals surface area contributed by atoms with Crippen LogP contribution < -0.4 is 5.76 Å². The lowest BCUT2D eigenvalue weighted by molar-refractivity contribution is 0.378. The van der Waals surface area contributed by atoms with Gasteiger partial charge in [-0.3, -0.25) is 9.51 Å². The van der Waals surface area contributed by atoms with E-state index in [1.807, 2.05) is 6.92 Å². The Hall–Kier alpha value is -1.50. The van der Waals surface area contributed by atoms with Crippen LogP contribution in [0.5, 0.6) is 0 Å². The zero-order valence-electron chi connectivity index (χ0n) is 6.13. The largest absolute Gasteiger partial charge is 0.438 e. The van der Waals surface area contributed by atoms with Crippen molar-refractivity contribution in [1.29, 1.82) is 0 Å². The summed E-state index contributed by atoms with van der Waals surface area (Å²) in [6.45, 7) is 1.87. The average Bonchev–Trinajstić information content (AvgIpc) is 2.36. The standard InChI is InChI=1S/C7H8N2O2/c1-3-4-5(2)6-8-7(10)11-9-6/h1,5H,4H2,2H3,(H,8,9,10). The molecule has 4 heteroatoms. The average molecular weight is 152 g/mol. The van der Waals surface area contributed by atoms with Gasteiger partial charge in [0.15, 0.2) is 5.82 Å². The van der Waals surface area contributed by atoms with Crippen molar-refractivity contribution in [2.45, 2.75) is 19.3 Å². The summed E-state index contributed by atoms with van der Waals surface area (Å²) in [7, 11) is 0. The Balaban J connectivity index is 2.78. The van der Waals surface area contributed by atoms with Crippen molar-refractivity contribution in [2.75, 3.05) is 0 Å². The third-order valence-corrected chi connectivity index (χ3v) is 1.35. The fraction of sp³-hybridized carbons (Fsp3) is 0.429. The van der Waals surface area contributed by atoms with Crippen molar-refractivity contribution < 1.29 is 4.52 Å². The van der Waals surface area contributed by atoms with E-state index in [0.717, 1.165) is 0 Å². The molecule has 1 N–H and O–H groups in total. The monoisotopic (exact) mass is 152 g/mol. The van der Waals surface area contributed by atoms with Crippen molar-refractivity contribution in [3.05, 3.63) is 16.4 Å². The Morgan fingerprint density at radius 2 is 2.64 bits per heavy atom. The minimum atomic E-state index is -0.538. The molecule has 0 aliphatic heterocycles. The van der Waals surface area contributed by atoms with E-state index < -0.39 is 5.76 Å². The summed E-state index contributed by atoms with van der Waals surface area (Å²) in [6.07, 6.45) is 5.62. The Bertz CT molecular complexity index is 318.